The van der Waals surface area contributed by atoms with Gasteiger partial charge in [-0.2, -0.15) is 13.2 Å². The first-order valence-electron chi connectivity index (χ1n) is 5.51. The number of aliphatic hydroxyl groups is 1. The second-order valence-corrected chi connectivity index (χ2v) is 4.31. The Balaban J connectivity index is 2.31. The van der Waals surface area contributed by atoms with Crippen LogP contribution in [0.25, 0.3) is 0 Å². The molecule has 7 heteroatoms. The van der Waals surface area contributed by atoms with E-state index in [9.17, 15) is 13.2 Å². The molecule has 0 unspecified atom stereocenters. The molecule has 0 aliphatic rings. The average molecular weight is 304 g/mol. The molecule has 0 saturated carbocycles. The summed E-state index contributed by atoms with van der Waals surface area (Å²) in [7, 11) is 0. The van der Waals surface area contributed by atoms with Crippen molar-refractivity contribution in [2.75, 3.05) is 0 Å². The van der Waals surface area contributed by atoms with E-state index in [0.29, 0.717) is 5.56 Å². The minimum absolute atomic E-state index is 0.200. The van der Waals surface area contributed by atoms with E-state index in [4.69, 9.17) is 21.4 Å². The van der Waals surface area contributed by atoms with Crippen LogP contribution < -0.4 is 4.74 Å². The molecule has 0 spiro atoms. The predicted octanol–water partition coefficient (Wildman–Crippen LogP) is 4.04. The number of benzene rings is 1. The van der Waals surface area contributed by atoms with Gasteiger partial charge in [-0.15, -0.1) is 0 Å². The van der Waals surface area contributed by atoms with Crippen LogP contribution >= 0.6 is 11.6 Å². The van der Waals surface area contributed by atoms with Gasteiger partial charge in [0.1, 0.15) is 10.9 Å². The fourth-order valence-electron chi connectivity index (χ4n) is 1.52. The molecular weight excluding hydrogens is 295 g/mol. The van der Waals surface area contributed by atoms with E-state index in [1.807, 2.05) is 0 Å². The maximum Gasteiger partial charge on any atom is 0.416 e. The van der Waals surface area contributed by atoms with Gasteiger partial charge in [0.15, 0.2) is 0 Å². The van der Waals surface area contributed by atoms with E-state index in [2.05, 4.69) is 4.98 Å². The predicted molar refractivity (Wildman–Crippen MR) is 66.7 cm³/mol. The number of halogens is 4. The molecule has 1 aromatic heterocycles. The van der Waals surface area contributed by atoms with Crippen LogP contribution in [-0.2, 0) is 12.8 Å². The summed E-state index contributed by atoms with van der Waals surface area (Å²) in [6, 6.07) is 7.77. The maximum absolute atomic E-state index is 12.6. The van der Waals surface area contributed by atoms with Crippen molar-refractivity contribution in [2.45, 2.75) is 12.8 Å². The SMILES string of the molecule is OCc1cccc(Oc2cc(C(F)(F)F)cc(Cl)n2)c1. The van der Waals surface area contributed by atoms with E-state index in [1.54, 1.807) is 12.1 Å². The second-order valence-electron chi connectivity index (χ2n) is 3.92. The molecule has 1 aromatic carbocycles. The molecular formula is C13H9ClF3NO2. The van der Waals surface area contributed by atoms with Crippen LogP contribution in [0.5, 0.6) is 11.6 Å². The zero-order chi connectivity index (χ0) is 14.8. The summed E-state index contributed by atoms with van der Waals surface area (Å²) in [6.45, 7) is -0.200. The van der Waals surface area contributed by atoms with E-state index >= 15 is 0 Å². The molecule has 0 fully saturated rings. The average Bonchev–Trinajstić information content (AvgIpc) is 2.37. The van der Waals surface area contributed by atoms with Gasteiger partial charge in [-0.3, -0.25) is 0 Å². The Bertz CT molecular complexity index is 617. The summed E-state index contributed by atoms with van der Waals surface area (Å²) in [5, 5.41) is 8.67. The van der Waals surface area contributed by atoms with E-state index in [-0.39, 0.29) is 23.4 Å². The molecule has 0 radical (unpaired) electrons. The van der Waals surface area contributed by atoms with Crippen LogP contribution in [-0.4, -0.2) is 10.1 Å². The first-order valence-corrected chi connectivity index (χ1v) is 5.89. The maximum atomic E-state index is 12.6. The number of nitrogens with zero attached hydrogens (tertiary/aromatic N) is 1. The van der Waals surface area contributed by atoms with Crippen molar-refractivity contribution in [3.05, 3.63) is 52.7 Å². The minimum atomic E-state index is -4.53. The molecule has 2 aromatic rings. The molecule has 0 aliphatic carbocycles. The van der Waals surface area contributed by atoms with Crippen LogP contribution in [0.15, 0.2) is 36.4 Å². The van der Waals surface area contributed by atoms with Gasteiger partial charge in [-0.1, -0.05) is 23.7 Å². The van der Waals surface area contributed by atoms with Crippen molar-refractivity contribution < 1.29 is 23.0 Å². The molecule has 0 saturated heterocycles. The smallest absolute Gasteiger partial charge is 0.416 e. The van der Waals surface area contributed by atoms with Gasteiger partial charge in [-0.25, -0.2) is 4.98 Å². The number of aromatic nitrogens is 1. The zero-order valence-electron chi connectivity index (χ0n) is 9.99. The summed E-state index contributed by atoms with van der Waals surface area (Å²) in [4.78, 5) is 3.68. The third kappa shape index (κ3) is 3.61. The number of aliphatic hydroxyl groups excluding tert-OH is 1. The monoisotopic (exact) mass is 303 g/mol. The lowest BCUT2D eigenvalue weighted by Gasteiger charge is -2.10. The Kier molecular flexibility index (Phi) is 4.15. The third-order valence-corrected chi connectivity index (χ3v) is 2.59. The molecule has 106 valence electrons. The first kappa shape index (κ1) is 14.6. The molecule has 0 atom stereocenters. The van der Waals surface area contributed by atoms with Crippen molar-refractivity contribution in [2.24, 2.45) is 0 Å². The molecule has 20 heavy (non-hydrogen) atoms. The Morgan fingerprint density at radius 3 is 2.60 bits per heavy atom. The van der Waals surface area contributed by atoms with Gasteiger partial charge in [0.05, 0.1) is 12.2 Å². The van der Waals surface area contributed by atoms with Gasteiger partial charge in [0.25, 0.3) is 0 Å². The standard InChI is InChI=1S/C13H9ClF3NO2/c14-11-5-9(13(15,16)17)6-12(18-11)20-10-3-1-2-8(4-10)7-19/h1-6,19H,7H2. The fourth-order valence-corrected chi connectivity index (χ4v) is 1.72. The van der Waals surface area contributed by atoms with Gasteiger partial charge in [0.2, 0.25) is 5.88 Å². The molecule has 1 heterocycles. The highest BCUT2D eigenvalue weighted by atomic mass is 35.5. The third-order valence-electron chi connectivity index (χ3n) is 2.40. The highest BCUT2D eigenvalue weighted by Gasteiger charge is 2.31. The van der Waals surface area contributed by atoms with Crippen molar-refractivity contribution >= 4 is 11.6 Å². The zero-order valence-corrected chi connectivity index (χ0v) is 10.7. The van der Waals surface area contributed by atoms with Crippen LogP contribution in [0, 0.1) is 0 Å². The number of rotatable bonds is 3. The Labute approximate surface area is 117 Å². The van der Waals surface area contributed by atoms with Gasteiger partial charge < -0.3 is 9.84 Å². The number of pyridine rings is 1. The first-order chi connectivity index (χ1) is 9.38. The number of hydrogen-bond donors (Lipinski definition) is 1. The quantitative estimate of drug-likeness (QED) is 0.870. The lowest BCUT2D eigenvalue weighted by Crippen LogP contribution is -2.05. The molecule has 3 nitrogen and oxygen atoms in total. The largest absolute Gasteiger partial charge is 0.439 e. The highest BCUT2D eigenvalue weighted by Crippen LogP contribution is 2.33. The van der Waals surface area contributed by atoms with Crippen molar-refractivity contribution in [1.29, 1.82) is 0 Å². The summed E-state index contributed by atoms with van der Waals surface area (Å²) in [5.74, 6) is -0.000596. The van der Waals surface area contributed by atoms with Crippen LogP contribution in [0.2, 0.25) is 5.15 Å². The molecule has 0 amide bonds. The topological polar surface area (TPSA) is 42.4 Å². The molecule has 0 bridgehead atoms. The van der Waals surface area contributed by atoms with Crippen LogP contribution in [0.3, 0.4) is 0 Å². The van der Waals surface area contributed by atoms with E-state index < -0.39 is 11.7 Å². The second kappa shape index (κ2) is 5.68. The summed E-state index contributed by atoms with van der Waals surface area (Å²) < 4.78 is 43.1. The number of ether oxygens (including phenoxy) is 1. The molecule has 0 aliphatic heterocycles. The Morgan fingerprint density at radius 2 is 1.95 bits per heavy atom. The number of hydrogen-bond acceptors (Lipinski definition) is 3. The van der Waals surface area contributed by atoms with Crippen LogP contribution in [0.1, 0.15) is 11.1 Å². The molecule has 1 N–H and O–H groups in total. The van der Waals surface area contributed by atoms with Gasteiger partial charge in [0, 0.05) is 6.07 Å². The summed E-state index contributed by atoms with van der Waals surface area (Å²) >= 11 is 5.55. The minimum Gasteiger partial charge on any atom is -0.439 e. The van der Waals surface area contributed by atoms with Crippen LogP contribution in [0.4, 0.5) is 13.2 Å². The normalized spacial score (nSPS) is 11.4. The summed E-state index contributed by atoms with van der Waals surface area (Å²) in [6.07, 6.45) is -4.53. The number of alkyl halides is 3. The lowest BCUT2D eigenvalue weighted by atomic mass is 10.2. The van der Waals surface area contributed by atoms with E-state index in [1.165, 1.54) is 12.1 Å². The van der Waals surface area contributed by atoms with Crippen molar-refractivity contribution in [3.8, 4) is 11.6 Å². The van der Waals surface area contributed by atoms with Crippen molar-refractivity contribution in [1.82, 2.24) is 4.98 Å². The van der Waals surface area contributed by atoms with Gasteiger partial charge >= 0.3 is 6.18 Å². The Morgan fingerprint density at radius 1 is 1.20 bits per heavy atom. The highest BCUT2D eigenvalue weighted by molar-refractivity contribution is 6.29. The van der Waals surface area contributed by atoms with E-state index in [0.717, 1.165) is 12.1 Å². The van der Waals surface area contributed by atoms with Crippen molar-refractivity contribution in [3.63, 3.8) is 0 Å². The fraction of sp³-hybridized carbons (Fsp3) is 0.154. The van der Waals surface area contributed by atoms with Gasteiger partial charge in [-0.05, 0) is 23.8 Å². The lowest BCUT2D eigenvalue weighted by molar-refractivity contribution is -0.137. The summed E-state index contributed by atoms with van der Waals surface area (Å²) in [5.41, 5.74) is -0.369. The molecule has 2 rings (SSSR count). The Hall–Kier alpha value is -1.79.